The lowest BCUT2D eigenvalue weighted by Crippen LogP contribution is -2.01. The number of hydrogen-bond acceptors (Lipinski definition) is 3. The Morgan fingerprint density at radius 2 is 2.27 bits per heavy atom. The molecule has 0 heterocycles. The number of aliphatic hydroxyl groups is 1. The van der Waals surface area contributed by atoms with Crippen LogP contribution in [-0.4, -0.2) is 18.5 Å². The molecular weight excluding hydrogens is 192 g/mol. The van der Waals surface area contributed by atoms with Crippen molar-refractivity contribution in [2.24, 2.45) is 0 Å². The van der Waals surface area contributed by atoms with Gasteiger partial charge in [0.15, 0.2) is 0 Å². The van der Waals surface area contributed by atoms with Crippen LogP contribution in [0.15, 0.2) is 18.2 Å². The highest BCUT2D eigenvalue weighted by atomic mass is 16.5. The Bertz CT molecular complexity index is 334. The standard InChI is InChI=1S/C12H16O3/c1-9(6-7-13)11-5-3-4-10(8-14)12(11)15-2/h3-5,7,9,14H,6,8H2,1-2H3. The highest BCUT2D eigenvalue weighted by Gasteiger charge is 2.13. The fraction of sp³-hybridized carbons (Fsp3) is 0.417. The molecule has 0 spiro atoms. The van der Waals surface area contributed by atoms with E-state index in [0.717, 1.165) is 17.4 Å². The van der Waals surface area contributed by atoms with Crippen LogP contribution in [0, 0.1) is 0 Å². The van der Waals surface area contributed by atoms with Crippen LogP contribution in [0.25, 0.3) is 0 Å². The van der Waals surface area contributed by atoms with Crippen LogP contribution in [0.5, 0.6) is 5.75 Å². The van der Waals surface area contributed by atoms with Crippen LogP contribution in [0.3, 0.4) is 0 Å². The lowest BCUT2D eigenvalue weighted by Gasteiger charge is -2.16. The van der Waals surface area contributed by atoms with Crippen molar-refractivity contribution in [2.45, 2.75) is 25.9 Å². The van der Waals surface area contributed by atoms with Gasteiger partial charge in [-0.3, -0.25) is 0 Å². The van der Waals surface area contributed by atoms with Crippen LogP contribution in [0.1, 0.15) is 30.4 Å². The van der Waals surface area contributed by atoms with Crippen molar-refractivity contribution in [1.82, 2.24) is 0 Å². The first kappa shape index (κ1) is 11.7. The van der Waals surface area contributed by atoms with E-state index in [1.807, 2.05) is 25.1 Å². The Balaban J connectivity index is 3.10. The largest absolute Gasteiger partial charge is 0.496 e. The molecule has 0 aliphatic carbocycles. The second-order valence-corrected chi connectivity index (χ2v) is 3.50. The molecule has 0 bridgehead atoms. The summed E-state index contributed by atoms with van der Waals surface area (Å²) in [6, 6.07) is 5.60. The van der Waals surface area contributed by atoms with Crippen LogP contribution in [-0.2, 0) is 11.4 Å². The third-order valence-corrected chi connectivity index (χ3v) is 2.48. The third-order valence-electron chi connectivity index (χ3n) is 2.48. The van der Waals surface area contributed by atoms with Crippen molar-refractivity contribution in [3.8, 4) is 5.75 Å². The lowest BCUT2D eigenvalue weighted by molar-refractivity contribution is -0.108. The summed E-state index contributed by atoms with van der Waals surface area (Å²) in [6.45, 7) is 1.91. The number of rotatable bonds is 5. The Kier molecular flexibility index (Phi) is 4.31. The molecule has 0 amide bonds. The van der Waals surface area contributed by atoms with Gasteiger partial charge in [0.1, 0.15) is 12.0 Å². The minimum atomic E-state index is -0.0508. The van der Waals surface area contributed by atoms with E-state index in [4.69, 9.17) is 9.84 Å². The van der Waals surface area contributed by atoms with Crippen LogP contribution >= 0.6 is 0 Å². The molecule has 3 nitrogen and oxygen atoms in total. The molecule has 0 radical (unpaired) electrons. The predicted molar refractivity (Wildman–Crippen MR) is 58.0 cm³/mol. The molecule has 1 unspecified atom stereocenters. The van der Waals surface area contributed by atoms with E-state index in [1.165, 1.54) is 0 Å². The molecular formula is C12H16O3. The molecule has 0 aromatic heterocycles. The first-order chi connectivity index (χ1) is 7.24. The quantitative estimate of drug-likeness (QED) is 0.751. The van der Waals surface area contributed by atoms with Crippen LogP contribution in [0.4, 0.5) is 0 Å². The van der Waals surface area contributed by atoms with Crippen molar-refractivity contribution in [3.63, 3.8) is 0 Å². The van der Waals surface area contributed by atoms with E-state index < -0.39 is 0 Å². The first-order valence-electron chi connectivity index (χ1n) is 4.94. The molecule has 3 heteroatoms. The van der Waals surface area contributed by atoms with Crippen molar-refractivity contribution >= 4 is 6.29 Å². The average molecular weight is 208 g/mol. The molecule has 15 heavy (non-hydrogen) atoms. The molecule has 1 aromatic carbocycles. The van der Waals surface area contributed by atoms with Crippen molar-refractivity contribution in [2.75, 3.05) is 7.11 Å². The summed E-state index contributed by atoms with van der Waals surface area (Å²) in [5.74, 6) is 0.804. The number of methoxy groups -OCH3 is 1. The van der Waals surface area contributed by atoms with E-state index in [-0.39, 0.29) is 12.5 Å². The molecule has 0 aliphatic heterocycles. The summed E-state index contributed by atoms with van der Waals surface area (Å²) >= 11 is 0. The average Bonchev–Trinajstić information content (AvgIpc) is 2.28. The smallest absolute Gasteiger partial charge is 0.127 e. The number of hydrogen-bond donors (Lipinski definition) is 1. The van der Waals surface area contributed by atoms with Gasteiger partial charge in [-0.2, -0.15) is 0 Å². The zero-order valence-corrected chi connectivity index (χ0v) is 9.06. The van der Waals surface area contributed by atoms with E-state index >= 15 is 0 Å². The normalized spacial score (nSPS) is 12.2. The molecule has 0 saturated carbocycles. The van der Waals surface area contributed by atoms with Gasteiger partial charge in [0, 0.05) is 12.0 Å². The minimum Gasteiger partial charge on any atom is -0.496 e. The second-order valence-electron chi connectivity index (χ2n) is 3.50. The number of aldehydes is 1. The molecule has 0 saturated heterocycles. The summed E-state index contributed by atoms with van der Waals surface area (Å²) in [7, 11) is 1.58. The molecule has 0 fully saturated rings. The maximum absolute atomic E-state index is 10.5. The van der Waals surface area contributed by atoms with Gasteiger partial charge < -0.3 is 14.6 Å². The van der Waals surface area contributed by atoms with Crippen LogP contribution < -0.4 is 4.74 Å². The van der Waals surface area contributed by atoms with Crippen LogP contribution in [0.2, 0.25) is 0 Å². The summed E-state index contributed by atoms with van der Waals surface area (Å²) < 4.78 is 5.26. The molecule has 0 aliphatic rings. The monoisotopic (exact) mass is 208 g/mol. The van der Waals surface area contributed by atoms with Crippen molar-refractivity contribution < 1.29 is 14.6 Å². The van der Waals surface area contributed by atoms with Gasteiger partial charge in [0.2, 0.25) is 0 Å². The second kappa shape index (κ2) is 5.51. The van der Waals surface area contributed by atoms with Crippen molar-refractivity contribution in [3.05, 3.63) is 29.3 Å². The van der Waals surface area contributed by atoms with Gasteiger partial charge in [-0.25, -0.2) is 0 Å². The highest BCUT2D eigenvalue weighted by Crippen LogP contribution is 2.31. The van der Waals surface area contributed by atoms with Gasteiger partial charge in [0.05, 0.1) is 13.7 Å². The fourth-order valence-corrected chi connectivity index (χ4v) is 1.64. The number of ether oxygens (including phenoxy) is 1. The Labute approximate surface area is 89.7 Å². The zero-order chi connectivity index (χ0) is 11.3. The van der Waals surface area contributed by atoms with Gasteiger partial charge >= 0.3 is 0 Å². The van der Waals surface area contributed by atoms with E-state index in [9.17, 15) is 4.79 Å². The molecule has 1 N–H and O–H groups in total. The lowest BCUT2D eigenvalue weighted by atomic mass is 9.95. The number of carbonyl (C=O) groups is 1. The molecule has 1 aromatic rings. The fourth-order valence-electron chi connectivity index (χ4n) is 1.64. The van der Waals surface area contributed by atoms with E-state index in [0.29, 0.717) is 12.2 Å². The first-order valence-corrected chi connectivity index (χ1v) is 4.94. The highest BCUT2D eigenvalue weighted by molar-refractivity contribution is 5.53. The van der Waals surface area contributed by atoms with Crippen molar-refractivity contribution in [1.29, 1.82) is 0 Å². The summed E-state index contributed by atoms with van der Waals surface area (Å²) in [5.41, 5.74) is 1.73. The Morgan fingerprint density at radius 3 is 2.80 bits per heavy atom. The number of para-hydroxylation sites is 1. The SMILES string of the molecule is COc1c(CO)cccc1C(C)CC=O. The topological polar surface area (TPSA) is 46.5 Å². The Hall–Kier alpha value is -1.35. The number of benzene rings is 1. The van der Waals surface area contributed by atoms with Gasteiger partial charge in [-0.15, -0.1) is 0 Å². The zero-order valence-electron chi connectivity index (χ0n) is 9.06. The van der Waals surface area contributed by atoms with Gasteiger partial charge in [0.25, 0.3) is 0 Å². The maximum Gasteiger partial charge on any atom is 0.127 e. The molecule has 82 valence electrons. The third kappa shape index (κ3) is 2.57. The molecule has 1 rings (SSSR count). The van der Waals surface area contributed by atoms with Gasteiger partial charge in [-0.05, 0) is 11.5 Å². The number of aliphatic hydroxyl groups excluding tert-OH is 1. The maximum atomic E-state index is 10.5. The van der Waals surface area contributed by atoms with Gasteiger partial charge in [-0.1, -0.05) is 25.1 Å². The Morgan fingerprint density at radius 1 is 1.53 bits per heavy atom. The van der Waals surface area contributed by atoms with E-state index in [1.54, 1.807) is 7.11 Å². The van der Waals surface area contributed by atoms with E-state index in [2.05, 4.69) is 0 Å². The molecule has 1 atom stereocenters. The summed E-state index contributed by atoms with van der Waals surface area (Å²) in [5, 5.41) is 9.14. The summed E-state index contributed by atoms with van der Waals surface area (Å²) in [6.07, 6.45) is 1.36. The predicted octanol–water partition coefficient (Wildman–Crippen LogP) is 1.88. The minimum absolute atomic E-state index is 0.0508. The number of carbonyl (C=O) groups excluding carboxylic acids is 1. The summed E-state index contributed by atoms with van der Waals surface area (Å²) in [4.78, 5) is 10.5.